The van der Waals surface area contributed by atoms with Gasteiger partial charge in [0.25, 0.3) is 0 Å². The van der Waals surface area contributed by atoms with Crippen LogP contribution in [0.2, 0.25) is 0 Å². The van der Waals surface area contributed by atoms with E-state index in [1.165, 1.54) is 0 Å². The molecular weight excluding hydrogens is 276 g/mol. The summed E-state index contributed by atoms with van der Waals surface area (Å²) in [4.78, 5) is 12.7. The quantitative estimate of drug-likeness (QED) is 0.497. The lowest BCUT2D eigenvalue weighted by Gasteiger charge is -2.34. The van der Waals surface area contributed by atoms with Gasteiger partial charge in [-0.2, -0.15) is 0 Å². The predicted octanol–water partition coefficient (Wildman–Crippen LogP) is 1.39. The fourth-order valence-electron chi connectivity index (χ4n) is 2.53. The Bertz CT molecular complexity index is 318. The molecule has 1 rings (SSSR count). The number of amides is 1. The van der Waals surface area contributed by atoms with E-state index in [0.29, 0.717) is 31.4 Å². The normalized spacial score (nSPS) is 17.6. The lowest BCUT2D eigenvalue weighted by Crippen LogP contribution is -2.50. The highest BCUT2D eigenvalue weighted by atomic mass is 32.1. The molecule has 0 atom stereocenters. The second-order valence-corrected chi connectivity index (χ2v) is 5.66. The molecule has 0 radical (unpaired) electrons. The van der Waals surface area contributed by atoms with Gasteiger partial charge in [0.15, 0.2) is 0 Å². The number of ether oxygens (including phenoxy) is 2. The Kier molecular flexibility index (Phi) is 8.02. The molecule has 0 aliphatic heterocycles. The molecule has 0 aromatic rings. The molecule has 1 amide bonds. The molecule has 0 aromatic heterocycles. The number of hydrogen-bond donors (Lipinski definition) is 2. The van der Waals surface area contributed by atoms with Crippen LogP contribution in [0.3, 0.4) is 0 Å². The average molecular weight is 302 g/mol. The molecule has 1 aliphatic rings. The van der Waals surface area contributed by atoms with Crippen molar-refractivity contribution in [1.82, 2.24) is 5.32 Å². The van der Waals surface area contributed by atoms with Crippen LogP contribution >= 0.6 is 12.2 Å². The van der Waals surface area contributed by atoms with E-state index in [4.69, 9.17) is 27.4 Å². The lowest BCUT2D eigenvalue weighted by molar-refractivity contribution is -0.128. The van der Waals surface area contributed by atoms with Crippen molar-refractivity contribution < 1.29 is 14.3 Å². The van der Waals surface area contributed by atoms with Crippen LogP contribution in [-0.2, 0) is 14.3 Å². The zero-order valence-electron chi connectivity index (χ0n) is 12.3. The lowest BCUT2D eigenvalue weighted by atomic mass is 9.73. The van der Waals surface area contributed by atoms with Gasteiger partial charge in [-0.05, 0) is 19.3 Å². The first-order chi connectivity index (χ1) is 9.63. The molecule has 1 saturated carbocycles. The van der Waals surface area contributed by atoms with Crippen molar-refractivity contribution in [3.05, 3.63) is 0 Å². The van der Waals surface area contributed by atoms with E-state index >= 15 is 0 Å². The fraction of sp³-hybridized carbons (Fsp3) is 0.857. The summed E-state index contributed by atoms with van der Waals surface area (Å²) < 4.78 is 10.2. The van der Waals surface area contributed by atoms with E-state index in [1.807, 2.05) is 0 Å². The molecular formula is C14H26N2O3S. The number of rotatable bonds is 9. The Morgan fingerprint density at radius 2 is 1.95 bits per heavy atom. The van der Waals surface area contributed by atoms with Crippen LogP contribution in [0.5, 0.6) is 0 Å². The highest BCUT2D eigenvalue weighted by molar-refractivity contribution is 7.80. The molecule has 1 fully saturated rings. The molecule has 116 valence electrons. The van der Waals surface area contributed by atoms with Gasteiger partial charge in [-0.3, -0.25) is 4.79 Å². The summed E-state index contributed by atoms with van der Waals surface area (Å²) in [5.41, 5.74) is 5.20. The SMILES string of the molecule is COCCOCCCNC(=O)C1(C(N)=S)CCCCC1. The Labute approximate surface area is 126 Å². The minimum Gasteiger partial charge on any atom is -0.392 e. The predicted molar refractivity (Wildman–Crippen MR) is 82.6 cm³/mol. The largest absolute Gasteiger partial charge is 0.392 e. The van der Waals surface area contributed by atoms with Crippen molar-refractivity contribution in [3.63, 3.8) is 0 Å². The third-order valence-electron chi connectivity index (χ3n) is 3.80. The maximum Gasteiger partial charge on any atom is 0.233 e. The molecule has 6 heteroatoms. The second kappa shape index (κ2) is 9.26. The molecule has 0 heterocycles. The number of carbonyl (C=O) groups is 1. The summed E-state index contributed by atoms with van der Waals surface area (Å²) in [7, 11) is 1.64. The van der Waals surface area contributed by atoms with Crippen molar-refractivity contribution in [2.75, 3.05) is 33.5 Å². The van der Waals surface area contributed by atoms with Crippen LogP contribution < -0.4 is 11.1 Å². The van der Waals surface area contributed by atoms with Crippen molar-refractivity contribution in [2.45, 2.75) is 38.5 Å². The number of hydrogen-bond acceptors (Lipinski definition) is 4. The third kappa shape index (κ3) is 5.00. The maximum absolute atomic E-state index is 12.4. The van der Waals surface area contributed by atoms with Gasteiger partial charge in [-0.15, -0.1) is 0 Å². The van der Waals surface area contributed by atoms with Crippen LogP contribution in [0.4, 0.5) is 0 Å². The Hall–Kier alpha value is -0.720. The molecule has 0 unspecified atom stereocenters. The van der Waals surface area contributed by atoms with Gasteiger partial charge < -0.3 is 20.5 Å². The highest BCUT2D eigenvalue weighted by Gasteiger charge is 2.41. The molecule has 5 nitrogen and oxygen atoms in total. The number of nitrogens with one attached hydrogen (secondary N) is 1. The van der Waals surface area contributed by atoms with E-state index in [9.17, 15) is 4.79 Å². The van der Waals surface area contributed by atoms with E-state index < -0.39 is 5.41 Å². The van der Waals surface area contributed by atoms with Crippen LogP contribution in [0.1, 0.15) is 38.5 Å². The van der Waals surface area contributed by atoms with Gasteiger partial charge in [-0.1, -0.05) is 31.5 Å². The van der Waals surface area contributed by atoms with Crippen molar-refractivity contribution in [2.24, 2.45) is 11.1 Å². The van der Waals surface area contributed by atoms with Gasteiger partial charge in [0.1, 0.15) is 0 Å². The zero-order valence-corrected chi connectivity index (χ0v) is 13.1. The molecule has 20 heavy (non-hydrogen) atoms. The van der Waals surface area contributed by atoms with Crippen molar-refractivity contribution in [1.29, 1.82) is 0 Å². The van der Waals surface area contributed by atoms with E-state index in [1.54, 1.807) is 7.11 Å². The van der Waals surface area contributed by atoms with Crippen molar-refractivity contribution >= 4 is 23.1 Å². The summed E-state index contributed by atoms with van der Waals surface area (Å²) in [6.07, 6.45) is 5.53. The summed E-state index contributed by atoms with van der Waals surface area (Å²) in [6.45, 7) is 2.39. The first-order valence-electron chi connectivity index (χ1n) is 7.28. The fourth-order valence-corrected chi connectivity index (χ4v) is 2.83. The van der Waals surface area contributed by atoms with Gasteiger partial charge >= 0.3 is 0 Å². The van der Waals surface area contributed by atoms with Crippen LogP contribution in [0, 0.1) is 5.41 Å². The molecule has 0 aromatic carbocycles. The number of thiocarbonyl (C=S) groups is 1. The van der Waals surface area contributed by atoms with E-state index in [2.05, 4.69) is 5.32 Å². The Morgan fingerprint density at radius 3 is 2.55 bits per heavy atom. The Balaban J connectivity index is 2.27. The van der Waals surface area contributed by atoms with Crippen LogP contribution in [0.25, 0.3) is 0 Å². The topological polar surface area (TPSA) is 73.6 Å². The average Bonchev–Trinajstić information content (AvgIpc) is 2.46. The standard InChI is InChI=1S/C14H26N2O3S/c1-18-10-11-19-9-5-8-16-13(17)14(12(15)20)6-3-2-4-7-14/h2-11H2,1H3,(H2,15,20)(H,16,17). The molecule has 3 N–H and O–H groups in total. The van der Waals surface area contributed by atoms with Gasteiger partial charge in [0.2, 0.25) is 5.91 Å². The number of methoxy groups -OCH3 is 1. The summed E-state index contributed by atoms with van der Waals surface area (Å²) in [6, 6.07) is 0. The molecule has 1 aliphatic carbocycles. The first-order valence-corrected chi connectivity index (χ1v) is 7.69. The summed E-state index contributed by atoms with van der Waals surface area (Å²) >= 11 is 5.13. The van der Waals surface area contributed by atoms with Gasteiger partial charge in [0.05, 0.1) is 23.6 Å². The summed E-state index contributed by atoms with van der Waals surface area (Å²) in [5, 5.41) is 2.95. The molecule has 0 saturated heterocycles. The maximum atomic E-state index is 12.4. The second-order valence-electron chi connectivity index (χ2n) is 5.22. The minimum absolute atomic E-state index is 0.0124. The number of carbonyl (C=O) groups excluding carboxylic acids is 1. The van der Waals surface area contributed by atoms with Crippen LogP contribution in [0.15, 0.2) is 0 Å². The Morgan fingerprint density at radius 1 is 1.25 bits per heavy atom. The third-order valence-corrected chi connectivity index (χ3v) is 4.19. The van der Waals surface area contributed by atoms with E-state index in [0.717, 1.165) is 38.5 Å². The highest BCUT2D eigenvalue weighted by Crippen LogP contribution is 2.36. The zero-order chi connectivity index (χ0) is 14.8. The van der Waals surface area contributed by atoms with Crippen LogP contribution in [-0.4, -0.2) is 44.4 Å². The van der Waals surface area contributed by atoms with Gasteiger partial charge in [0, 0.05) is 20.3 Å². The molecule has 0 bridgehead atoms. The monoisotopic (exact) mass is 302 g/mol. The first kappa shape index (κ1) is 17.3. The minimum atomic E-state index is -0.621. The smallest absolute Gasteiger partial charge is 0.233 e. The molecule has 0 spiro atoms. The van der Waals surface area contributed by atoms with E-state index in [-0.39, 0.29) is 5.91 Å². The van der Waals surface area contributed by atoms with Gasteiger partial charge in [-0.25, -0.2) is 0 Å². The van der Waals surface area contributed by atoms with Crippen molar-refractivity contribution in [3.8, 4) is 0 Å². The number of nitrogens with two attached hydrogens (primary N) is 1. The summed E-state index contributed by atoms with van der Waals surface area (Å²) in [5.74, 6) is -0.0124.